The summed E-state index contributed by atoms with van der Waals surface area (Å²) in [7, 11) is 1.91. The van der Waals surface area contributed by atoms with Crippen LogP contribution in [0, 0.1) is 5.92 Å². The first-order valence-corrected chi connectivity index (χ1v) is 5.40. The van der Waals surface area contributed by atoms with E-state index in [-0.39, 0.29) is 18.6 Å². The van der Waals surface area contributed by atoms with Crippen molar-refractivity contribution in [3.05, 3.63) is 18.0 Å². The molecule has 0 saturated heterocycles. The fourth-order valence-electron chi connectivity index (χ4n) is 1.48. The first-order chi connectivity index (χ1) is 7.04. The van der Waals surface area contributed by atoms with Gasteiger partial charge in [0.25, 0.3) is 0 Å². The quantitative estimate of drug-likeness (QED) is 0.766. The Bertz CT molecular complexity index is 298. The van der Waals surface area contributed by atoms with E-state index in [4.69, 9.17) is 5.11 Å². The Morgan fingerprint density at radius 2 is 2.13 bits per heavy atom. The van der Waals surface area contributed by atoms with Crippen molar-refractivity contribution >= 4 is 0 Å². The van der Waals surface area contributed by atoms with Gasteiger partial charge in [0, 0.05) is 37.5 Å². The van der Waals surface area contributed by atoms with Crippen LogP contribution in [0.5, 0.6) is 0 Å². The summed E-state index contributed by atoms with van der Waals surface area (Å²) in [5.41, 5.74) is 1.18. The van der Waals surface area contributed by atoms with Gasteiger partial charge < -0.3 is 10.4 Å². The molecule has 3 unspecified atom stereocenters. The normalized spacial score (nSPS) is 17.4. The predicted octanol–water partition coefficient (Wildman–Crippen LogP) is 1.09. The van der Waals surface area contributed by atoms with E-state index in [1.165, 1.54) is 5.56 Å². The maximum atomic E-state index is 9.04. The Morgan fingerprint density at radius 1 is 1.47 bits per heavy atom. The van der Waals surface area contributed by atoms with E-state index in [0.717, 1.165) is 0 Å². The van der Waals surface area contributed by atoms with Crippen LogP contribution in [0.15, 0.2) is 12.4 Å². The smallest absolute Gasteiger partial charge is 0.0537 e. The molecule has 1 aromatic heterocycles. The summed E-state index contributed by atoms with van der Waals surface area (Å²) in [4.78, 5) is 0. The van der Waals surface area contributed by atoms with Crippen LogP contribution in [-0.4, -0.2) is 27.5 Å². The van der Waals surface area contributed by atoms with Gasteiger partial charge in [0.2, 0.25) is 0 Å². The number of aromatic nitrogens is 2. The van der Waals surface area contributed by atoms with Gasteiger partial charge >= 0.3 is 0 Å². The predicted molar refractivity (Wildman–Crippen MR) is 60.5 cm³/mol. The SMILES string of the molecule is CC(NC(C)C(C)CO)c1cnn(C)c1. The van der Waals surface area contributed by atoms with E-state index in [9.17, 15) is 0 Å². The largest absolute Gasteiger partial charge is 0.396 e. The van der Waals surface area contributed by atoms with E-state index in [1.54, 1.807) is 4.68 Å². The molecular formula is C11H21N3O. The Labute approximate surface area is 91.3 Å². The molecule has 0 fully saturated rings. The molecule has 0 spiro atoms. The number of nitrogens with zero attached hydrogens (tertiary/aromatic N) is 2. The first-order valence-electron chi connectivity index (χ1n) is 5.40. The minimum atomic E-state index is 0.216. The van der Waals surface area contributed by atoms with Crippen LogP contribution in [0.4, 0.5) is 0 Å². The molecule has 2 N–H and O–H groups in total. The Balaban J connectivity index is 2.52. The molecule has 86 valence electrons. The van der Waals surface area contributed by atoms with Gasteiger partial charge in [0.15, 0.2) is 0 Å². The molecule has 1 aromatic rings. The molecule has 1 heterocycles. The molecule has 1 rings (SSSR count). The highest BCUT2D eigenvalue weighted by Crippen LogP contribution is 2.13. The summed E-state index contributed by atoms with van der Waals surface area (Å²) in [5.74, 6) is 0.268. The van der Waals surface area contributed by atoms with E-state index in [0.29, 0.717) is 6.04 Å². The number of aliphatic hydroxyl groups is 1. The van der Waals surface area contributed by atoms with Crippen molar-refractivity contribution in [1.82, 2.24) is 15.1 Å². The lowest BCUT2D eigenvalue weighted by Gasteiger charge is -2.23. The maximum Gasteiger partial charge on any atom is 0.0537 e. The first kappa shape index (κ1) is 12.2. The summed E-state index contributed by atoms with van der Waals surface area (Å²) in [6, 6.07) is 0.563. The minimum absolute atomic E-state index is 0.216. The van der Waals surface area contributed by atoms with Gasteiger partial charge in [0.1, 0.15) is 0 Å². The summed E-state index contributed by atoms with van der Waals surface area (Å²) in [6.07, 6.45) is 3.88. The summed E-state index contributed by atoms with van der Waals surface area (Å²) in [5, 5.41) is 16.6. The van der Waals surface area contributed by atoms with Crippen LogP contribution >= 0.6 is 0 Å². The lowest BCUT2D eigenvalue weighted by atomic mass is 10.0. The highest BCUT2D eigenvalue weighted by Gasteiger charge is 2.15. The standard InChI is InChI=1S/C11H21N3O/c1-8(7-15)9(2)13-10(3)11-5-12-14(4)6-11/h5-6,8-10,13,15H,7H2,1-4H3. The van der Waals surface area contributed by atoms with Crippen molar-refractivity contribution in [2.45, 2.75) is 32.9 Å². The zero-order chi connectivity index (χ0) is 11.4. The average Bonchev–Trinajstić information content (AvgIpc) is 2.63. The number of hydrogen-bond donors (Lipinski definition) is 2. The van der Waals surface area contributed by atoms with E-state index in [1.807, 2.05) is 26.4 Å². The molecule has 0 aromatic carbocycles. The van der Waals surface area contributed by atoms with Crippen LogP contribution < -0.4 is 5.32 Å². The second-order valence-electron chi connectivity index (χ2n) is 4.28. The van der Waals surface area contributed by atoms with Crippen molar-refractivity contribution in [2.24, 2.45) is 13.0 Å². The lowest BCUT2D eigenvalue weighted by Crippen LogP contribution is -2.35. The van der Waals surface area contributed by atoms with Crippen molar-refractivity contribution in [3.63, 3.8) is 0 Å². The van der Waals surface area contributed by atoms with E-state index < -0.39 is 0 Å². The number of aryl methyl sites for hydroxylation is 1. The van der Waals surface area contributed by atoms with Crippen LogP contribution in [0.3, 0.4) is 0 Å². The molecule has 0 saturated carbocycles. The topological polar surface area (TPSA) is 50.1 Å². The van der Waals surface area contributed by atoms with Crippen LogP contribution in [0.1, 0.15) is 32.4 Å². The lowest BCUT2D eigenvalue weighted by molar-refractivity contribution is 0.202. The molecule has 0 aliphatic carbocycles. The fourth-order valence-corrected chi connectivity index (χ4v) is 1.48. The molecule has 0 aliphatic rings. The van der Waals surface area contributed by atoms with Crippen LogP contribution in [0.2, 0.25) is 0 Å². The molecule has 0 radical (unpaired) electrons. The Morgan fingerprint density at radius 3 is 2.60 bits per heavy atom. The van der Waals surface area contributed by atoms with Crippen molar-refractivity contribution in [2.75, 3.05) is 6.61 Å². The third-order valence-electron chi connectivity index (χ3n) is 2.88. The molecule has 3 atom stereocenters. The zero-order valence-electron chi connectivity index (χ0n) is 9.94. The molecule has 0 aliphatic heterocycles. The molecule has 0 bridgehead atoms. The van der Waals surface area contributed by atoms with Gasteiger partial charge in [-0.1, -0.05) is 6.92 Å². The number of hydrogen-bond acceptors (Lipinski definition) is 3. The molecular weight excluding hydrogens is 190 g/mol. The second-order valence-corrected chi connectivity index (χ2v) is 4.28. The van der Waals surface area contributed by atoms with Gasteiger partial charge in [-0.05, 0) is 19.8 Å². The highest BCUT2D eigenvalue weighted by atomic mass is 16.3. The van der Waals surface area contributed by atoms with E-state index in [2.05, 4.69) is 24.3 Å². The van der Waals surface area contributed by atoms with Crippen LogP contribution in [0.25, 0.3) is 0 Å². The fraction of sp³-hybridized carbons (Fsp3) is 0.727. The minimum Gasteiger partial charge on any atom is -0.396 e. The van der Waals surface area contributed by atoms with Crippen molar-refractivity contribution < 1.29 is 5.11 Å². The highest BCUT2D eigenvalue weighted by molar-refractivity contribution is 5.09. The summed E-state index contributed by atoms with van der Waals surface area (Å²) in [6.45, 7) is 6.45. The Kier molecular flexibility index (Phi) is 4.29. The van der Waals surface area contributed by atoms with Gasteiger partial charge in [-0.25, -0.2) is 0 Å². The van der Waals surface area contributed by atoms with E-state index >= 15 is 0 Å². The second kappa shape index (κ2) is 5.28. The Hall–Kier alpha value is -0.870. The molecule has 0 amide bonds. The third kappa shape index (κ3) is 3.32. The average molecular weight is 211 g/mol. The van der Waals surface area contributed by atoms with Crippen LogP contribution in [-0.2, 0) is 7.05 Å². The molecule has 4 heteroatoms. The van der Waals surface area contributed by atoms with Gasteiger partial charge in [-0.3, -0.25) is 4.68 Å². The van der Waals surface area contributed by atoms with Crippen molar-refractivity contribution in [1.29, 1.82) is 0 Å². The van der Waals surface area contributed by atoms with Gasteiger partial charge in [-0.2, -0.15) is 5.10 Å². The molecule has 15 heavy (non-hydrogen) atoms. The monoisotopic (exact) mass is 211 g/mol. The van der Waals surface area contributed by atoms with Gasteiger partial charge in [0.05, 0.1) is 6.20 Å². The number of aliphatic hydroxyl groups excluding tert-OH is 1. The summed E-state index contributed by atoms with van der Waals surface area (Å²) < 4.78 is 1.80. The maximum absolute atomic E-state index is 9.04. The zero-order valence-corrected chi connectivity index (χ0v) is 9.94. The third-order valence-corrected chi connectivity index (χ3v) is 2.88. The van der Waals surface area contributed by atoms with Gasteiger partial charge in [-0.15, -0.1) is 0 Å². The summed E-state index contributed by atoms with van der Waals surface area (Å²) >= 11 is 0. The van der Waals surface area contributed by atoms with Crippen molar-refractivity contribution in [3.8, 4) is 0 Å². The number of nitrogens with one attached hydrogen (secondary N) is 1. The molecule has 4 nitrogen and oxygen atoms in total. The number of rotatable bonds is 5.